The van der Waals surface area contributed by atoms with E-state index in [1.54, 1.807) is 5.38 Å². The van der Waals surface area contributed by atoms with Gasteiger partial charge in [0.05, 0.1) is 10.8 Å². The molecule has 1 amide bonds. The Balaban J connectivity index is 1.83. The van der Waals surface area contributed by atoms with Crippen LogP contribution in [0.3, 0.4) is 0 Å². The van der Waals surface area contributed by atoms with Crippen LogP contribution in [0.15, 0.2) is 52.1 Å². The van der Waals surface area contributed by atoms with Crippen molar-refractivity contribution in [2.24, 2.45) is 5.92 Å². The van der Waals surface area contributed by atoms with Gasteiger partial charge in [-0.1, -0.05) is 30.3 Å². The highest BCUT2D eigenvalue weighted by Crippen LogP contribution is 2.42. The van der Waals surface area contributed by atoms with Crippen molar-refractivity contribution in [1.29, 1.82) is 0 Å². The molecule has 0 spiro atoms. The van der Waals surface area contributed by atoms with Crippen LogP contribution in [0.1, 0.15) is 24.3 Å². The Hall–Kier alpha value is -1.66. The molecule has 1 atom stereocenters. The molecule has 0 bridgehead atoms. The van der Waals surface area contributed by atoms with Crippen LogP contribution >= 0.6 is 11.3 Å². The number of benzene rings is 1. The Bertz CT molecular complexity index is 720. The number of nitrogens with one attached hydrogen (secondary N) is 1. The monoisotopic (exact) mass is 321 g/mol. The summed E-state index contributed by atoms with van der Waals surface area (Å²) in [6.07, 6.45) is 1.93. The number of amides is 1. The normalized spacial score (nSPS) is 16.4. The lowest BCUT2D eigenvalue weighted by atomic mass is 9.94. The van der Waals surface area contributed by atoms with Crippen LogP contribution in [-0.2, 0) is 14.8 Å². The van der Waals surface area contributed by atoms with Gasteiger partial charge in [0, 0.05) is 5.38 Å². The summed E-state index contributed by atoms with van der Waals surface area (Å²) in [7, 11) is -3.76. The van der Waals surface area contributed by atoms with E-state index < -0.39 is 15.9 Å². The standard InChI is InChI=1S/C15H15NO3S2/c17-15(16-21(18,19)13-8-9-20-10-13)14(12-6-7-12)11-4-2-1-3-5-11/h1-5,8-10,12,14H,6-7H2,(H,16,17). The van der Waals surface area contributed by atoms with Crippen LogP contribution in [0, 0.1) is 5.92 Å². The first-order valence-corrected chi connectivity index (χ1v) is 9.14. The third-order valence-electron chi connectivity index (χ3n) is 3.57. The first-order valence-electron chi connectivity index (χ1n) is 6.72. The SMILES string of the molecule is O=C(NS(=O)(=O)c1ccsc1)C(c1ccccc1)C1CC1. The van der Waals surface area contributed by atoms with Gasteiger partial charge in [0.15, 0.2) is 0 Å². The molecule has 6 heteroatoms. The van der Waals surface area contributed by atoms with Gasteiger partial charge >= 0.3 is 0 Å². The van der Waals surface area contributed by atoms with E-state index >= 15 is 0 Å². The number of thiophene rings is 1. The molecule has 1 saturated carbocycles. The molecule has 1 heterocycles. The van der Waals surface area contributed by atoms with Gasteiger partial charge in [-0.05, 0) is 35.8 Å². The summed E-state index contributed by atoms with van der Waals surface area (Å²) in [6, 6.07) is 10.9. The Kier molecular flexibility index (Phi) is 3.82. The second-order valence-corrected chi connectivity index (χ2v) is 7.62. The first kappa shape index (κ1) is 14.3. The average molecular weight is 321 g/mol. The predicted molar refractivity (Wildman–Crippen MR) is 81.6 cm³/mol. The van der Waals surface area contributed by atoms with Crippen molar-refractivity contribution in [3.63, 3.8) is 0 Å². The molecular weight excluding hydrogens is 306 g/mol. The van der Waals surface area contributed by atoms with Gasteiger partial charge < -0.3 is 0 Å². The van der Waals surface area contributed by atoms with Gasteiger partial charge in [-0.3, -0.25) is 4.79 Å². The van der Waals surface area contributed by atoms with Crippen LogP contribution in [0.5, 0.6) is 0 Å². The maximum Gasteiger partial charge on any atom is 0.264 e. The van der Waals surface area contributed by atoms with E-state index in [1.165, 1.54) is 22.8 Å². The minimum Gasteiger partial charge on any atom is -0.273 e. The molecular formula is C15H15NO3S2. The molecule has 1 aliphatic carbocycles. The van der Waals surface area contributed by atoms with Crippen LogP contribution in [0.4, 0.5) is 0 Å². The van der Waals surface area contributed by atoms with Crippen molar-refractivity contribution in [2.45, 2.75) is 23.7 Å². The maximum absolute atomic E-state index is 12.4. The molecule has 1 fully saturated rings. The molecule has 21 heavy (non-hydrogen) atoms. The summed E-state index contributed by atoms with van der Waals surface area (Å²) in [5.41, 5.74) is 0.873. The van der Waals surface area contributed by atoms with Gasteiger partial charge in [-0.2, -0.15) is 11.3 Å². The molecule has 1 aromatic heterocycles. The summed E-state index contributed by atoms with van der Waals surface area (Å²) in [5, 5.41) is 3.19. The maximum atomic E-state index is 12.4. The molecule has 0 aliphatic heterocycles. The molecule has 0 saturated heterocycles. The zero-order valence-electron chi connectivity index (χ0n) is 11.2. The van der Waals surface area contributed by atoms with Crippen LogP contribution in [0.2, 0.25) is 0 Å². The zero-order chi connectivity index (χ0) is 14.9. The van der Waals surface area contributed by atoms with E-state index in [-0.39, 0.29) is 16.7 Å². The average Bonchev–Trinajstić information content (AvgIpc) is 3.11. The van der Waals surface area contributed by atoms with Crippen LogP contribution in [0.25, 0.3) is 0 Å². The summed E-state index contributed by atoms with van der Waals surface area (Å²) in [4.78, 5) is 12.6. The largest absolute Gasteiger partial charge is 0.273 e. The summed E-state index contributed by atoms with van der Waals surface area (Å²) >= 11 is 1.29. The fraction of sp³-hybridized carbons (Fsp3) is 0.267. The zero-order valence-corrected chi connectivity index (χ0v) is 12.9. The quantitative estimate of drug-likeness (QED) is 0.921. The number of hydrogen-bond donors (Lipinski definition) is 1. The lowest BCUT2D eigenvalue weighted by Crippen LogP contribution is -2.35. The van der Waals surface area contributed by atoms with Crippen molar-refractivity contribution in [1.82, 2.24) is 4.72 Å². The van der Waals surface area contributed by atoms with E-state index in [9.17, 15) is 13.2 Å². The number of carbonyl (C=O) groups is 1. The van der Waals surface area contributed by atoms with E-state index in [0.717, 1.165) is 18.4 Å². The van der Waals surface area contributed by atoms with Crippen molar-refractivity contribution >= 4 is 27.3 Å². The summed E-state index contributed by atoms with van der Waals surface area (Å²) < 4.78 is 26.5. The van der Waals surface area contributed by atoms with Crippen molar-refractivity contribution in [2.75, 3.05) is 0 Å². The third-order valence-corrected chi connectivity index (χ3v) is 5.75. The Labute approximate surface area is 127 Å². The molecule has 1 aliphatic rings. The molecule has 4 nitrogen and oxygen atoms in total. The minimum atomic E-state index is -3.76. The summed E-state index contributed by atoms with van der Waals surface area (Å²) in [5.74, 6) is -0.584. The van der Waals surface area contributed by atoms with E-state index in [0.29, 0.717) is 0 Å². The highest BCUT2D eigenvalue weighted by molar-refractivity contribution is 7.90. The lowest BCUT2D eigenvalue weighted by Gasteiger charge is -2.16. The Morgan fingerprint density at radius 2 is 1.90 bits per heavy atom. The highest BCUT2D eigenvalue weighted by atomic mass is 32.2. The minimum absolute atomic E-state index is 0.142. The lowest BCUT2D eigenvalue weighted by molar-refractivity contribution is -0.121. The molecule has 1 unspecified atom stereocenters. The topological polar surface area (TPSA) is 63.2 Å². The molecule has 1 N–H and O–H groups in total. The van der Waals surface area contributed by atoms with Gasteiger partial charge in [0.25, 0.3) is 10.0 Å². The fourth-order valence-electron chi connectivity index (χ4n) is 2.39. The van der Waals surface area contributed by atoms with Gasteiger partial charge in [0.1, 0.15) is 0 Å². The van der Waals surface area contributed by atoms with Gasteiger partial charge in [0.2, 0.25) is 5.91 Å². The molecule has 1 aromatic carbocycles. The predicted octanol–water partition coefficient (Wildman–Crippen LogP) is 2.75. The molecule has 0 radical (unpaired) electrons. The number of sulfonamides is 1. The van der Waals surface area contributed by atoms with Crippen LogP contribution in [-0.4, -0.2) is 14.3 Å². The third kappa shape index (κ3) is 3.16. The van der Waals surface area contributed by atoms with Crippen molar-refractivity contribution < 1.29 is 13.2 Å². The highest BCUT2D eigenvalue weighted by Gasteiger charge is 2.38. The van der Waals surface area contributed by atoms with E-state index in [2.05, 4.69) is 4.72 Å². The second-order valence-electron chi connectivity index (χ2n) is 5.15. The Morgan fingerprint density at radius 3 is 2.48 bits per heavy atom. The number of carbonyl (C=O) groups excluding carboxylic acids is 1. The smallest absolute Gasteiger partial charge is 0.264 e. The summed E-state index contributed by atoms with van der Waals surface area (Å²) in [6.45, 7) is 0. The number of hydrogen-bond acceptors (Lipinski definition) is 4. The van der Waals surface area contributed by atoms with Gasteiger partial charge in [-0.15, -0.1) is 0 Å². The molecule has 110 valence electrons. The molecule has 3 rings (SSSR count). The van der Waals surface area contributed by atoms with E-state index in [4.69, 9.17) is 0 Å². The molecule has 2 aromatic rings. The Morgan fingerprint density at radius 1 is 1.19 bits per heavy atom. The van der Waals surface area contributed by atoms with Crippen molar-refractivity contribution in [3.8, 4) is 0 Å². The van der Waals surface area contributed by atoms with E-state index in [1.807, 2.05) is 30.3 Å². The number of rotatable bonds is 5. The first-order chi connectivity index (χ1) is 10.1. The van der Waals surface area contributed by atoms with Crippen LogP contribution < -0.4 is 4.72 Å². The fourth-order valence-corrected chi connectivity index (χ4v) is 4.42. The van der Waals surface area contributed by atoms with Crippen molar-refractivity contribution in [3.05, 3.63) is 52.7 Å². The second kappa shape index (κ2) is 5.61. The van der Waals surface area contributed by atoms with Gasteiger partial charge in [-0.25, -0.2) is 13.1 Å².